The predicted molar refractivity (Wildman–Crippen MR) is 92.0 cm³/mol. The van der Waals surface area contributed by atoms with Gasteiger partial charge in [-0.1, -0.05) is 18.9 Å². The second-order valence-corrected chi connectivity index (χ2v) is 7.61. The molecule has 2 fully saturated rings. The number of anilines is 1. The van der Waals surface area contributed by atoms with Gasteiger partial charge in [-0.05, 0) is 73.2 Å². The zero-order chi connectivity index (χ0) is 15.0. The highest BCUT2D eigenvalue weighted by Gasteiger charge is 2.56. The van der Waals surface area contributed by atoms with Gasteiger partial charge in [-0.3, -0.25) is 0 Å². The van der Waals surface area contributed by atoms with Crippen LogP contribution in [-0.4, -0.2) is 18.8 Å². The first-order valence-electron chi connectivity index (χ1n) is 8.21. The van der Waals surface area contributed by atoms with Crippen molar-refractivity contribution in [1.82, 2.24) is 0 Å². The van der Waals surface area contributed by atoms with E-state index in [4.69, 9.17) is 4.74 Å². The number of aryl methyl sites for hydroxylation is 2. The lowest BCUT2D eigenvalue weighted by molar-refractivity contribution is -0.114. The molecule has 0 aliphatic heterocycles. The zero-order valence-electron chi connectivity index (χ0n) is 13.3. The molecule has 1 aromatic carbocycles. The van der Waals surface area contributed by atoms with Crippen molar-refractivity contribution in [1.29, 1.82) is 0 Å². The van der Waals surface area contributed by atoms with Gasteiger partial charge in [0.05, 0.1) is 11.8 Å². The Labute approximate surface area is 136 Å². The van der Waals surface area contributed by atoms with E-state index in [0.717, 1.165) is 13.0 Å². The van der Waals surface area contributed by atoms with Crippen molar-refractivity contribution in [3.05, 3.63) is 27.7 Å². The highest BCUT2D eigenvalue weighted by Crippen LogP contribution is 2.56. The molecule has 2 aliphatic rings. The second-order valence-electron chi connectivity index (χ2n) is 6.76. The highest BCUT2D eigenvalue weighted by molar-refractivity contribution is 9.10. The van der Waals surface area contributed by atoms with Crippen LogP contribution in [0.15, 0.2) is 16.6 Å². The number of hydrogen-bond acceptors (Lipinski definition) is 2. The summed E-state index contributed by atoms with van der Waals surface area (Å²) in [7, 11) is 0. The van der Waals surface area contributed by atoms with Crippen molar-refractivity contribution in [2.24, 2.45) is 5.41 Å². The van der Waals surface area contributed by atoms with Gasteiger partial charge in [-0.15, -0.1) is 0 Å². The van der Waals surface area contributed by atoms with Crippen molar-refractivity contribution >= 4 is 21.6 Å². The van der Waals surface area contributed by atoms with Crippen LogP contribution in [0.5, 0.6) is 0 Å². The average molecular weight is 352 g/mol. The minimum absolute atomic E-state index is 0.382. The van der Waals surface area contributed by atoms with Crippen molar-refractivity contribution in [3.8, 4) is 0 Å². The minimum atomic E-state index is 0.382. The Kier molecular flexibility index (Phi) is 4.33. The van der Waals surface area contributed by atoms with Crippen LogP contribution in [0, 0.1) is 19.3 Å². The van der Waals surface area contributed by atoms with Gasteiger partial charge in [0.1, 0.15) is 0 Å². The molecule has 2 saturated carbocycles. The molecule has 0 saturated heterocycles. The lowest BCUT2D eigenvalue weighted by Gasteiger charge is -2.54. The van der Waals surface area contributed by atoms with E-state index in [-0.39, 0.29) is 0 Å². The fourth-order valence-electron chi connectivity index (χ4n) is 4.36. The SMILES string of the molecule is CCOC1CC(Nc2c(C)cc(C)cc2Br)C12CCCC2. The molecular formula is C18H26BrNO. The van der Waals surface area contributed by atoms with E-state index in [9.17, 15) is 0 Å². The Hall–Kier alpha value is -0.540. The molecule has 2 aliphatic carbocycles. The number of benzene rings is 1. The topological polar surface area (TPSA) is 21.3 Å². The normalized spacial score (nSPS) is 26.9. The van der Waals surface area contributed by atoms with Gasteiger partial charge in [-0.2, -0.15) is 0 Å². The molecule has 1 aromatic rings. The predicted octanol–water partition coefficient (Wildman–Crippen LogP) is 5.22. The van der Waals surface area contributed by atoms with Gasteiger partial charge in [0.2, 0.25) is 0 Å². The summed E-state index contributed by atoms with van der Waals surface area (Å²) in [5.41, 5.74) is 4.29. The van der Waals surface area contributed by atoms with E-state index in [1.54, 1.807) is 0 Å². The maximum Gasteiger partial charge on any atom is 0.0670 e. The summed E-state index contributed by atoms with van der Waals surface area (Å²) in [6, 6.07) is 5.02. The van der Waals surface area contributed by atoms with Crippen molar-refractivity contribution in [3.63, 3.8) is 0 Å². The van der Waals surface area contributed by atoms with Crippen LogP contribution in [0.1, 0.15) is 50.2 Å². The summed E-state index contributed by atoms with van der Waals surface area (Å²) in [6.45, 7) is 7.30. The Morgan fingerprint density at radius 3 is 2.62 bits per heavy atom. The molecule has 21 heavy (non-hydrogen) atoms. The van der Waals surface area contributed by atoms with Crippen molar-refractivity contribution in [2.45, 2.75) is 65.0 Å². The van der Waals surface area contributed by atoms with Crippen molar-refractivity contribution in [2.75, 3.05) is 11.9 Å². The second kappa shape index (κ2) is 5.92. The molecule has 1 N–H and O–H groups in total. The first-order chi connectivity index (χ1) is 10.1. The monoisotopic (exact) mass is 351 g/mol. The van der Waals surface area contributed by atoms with Crippen LogP contribution in [0.3, 0.4) is 0 Å². The van der Waals surface area contributed by atoms with Gasteiger partial charge in [0.15, 0.2) is 0 Å². The third-order valence-corrected chi connectivity index (χ3v) is 6.06. The van der Waals surface area contributed by atoms with Gasteiger partial charge in [-0.25, -0.2) is 0 Å². The number of hydrogen-bond donors (Lipinski definition) is 1. The number of rotatable bonds is 4. The first kappa shape index (κ1) is 15.4. The third kappa shape index (κ3) is 2.63. The van der Waals surface area contributed by atoms with E-state index >= 15 is 0 Å². The van der Waals surface area contributed by atoms with E-state index < -0.39 is 0 Å². The van der Waals surface area contributed by atoms with Gasteiger partial charge >= 0.3 is 0 Å². The summed E-state index contributed by atoms with van der Waals surface area (Å²) in [4.78, 5) is 0. The standard InChI is InChI=1S/C18H26BrNO/c1-4-21-16-11-15(18(16)7-5-6-8-18)20-17-13(3)9-12(2)10-14(17)19/h9-10,15-16,20H,4-8,11H2,1-3H3. The summed E-state index contributed by atoms with van der Waals surface area (Å²) < 4.78 is 7.20. The summed E-state index contributed by atoms with van der Waals surface area (Å²) in [5, 5.41) is 3.84. The lowest BCUT2D eigenvalue weighted by Crippen LogP contribution is -2.60. The molecule has 2 unspecified atom stereocenters. The largest absolute Gasteiger partial charge is 0.380 e. The van der Waals surface area contributed by atoms with Gasteiger partial charge < -0.3 is 10.1 Å². The molecule has 3 heteroatoms. The number of ether oxygens (including phenoxy) is 1. The van der Waals surface area contributed by atoms with Crippen LogP contribution >= 0.6 is 15.9 Å². The van der Waals surface area contributed by atoms with E-state index in [1.165, 1.54) is 47.0 Å². The summed E-state index contributed by atoms with van der Waals surface area (Å²) >= 11 is 3.73. The molecule has 0 bridgehead atoms. The molecule has 3 rings (SSSR count). The van der Waals surface area contributed by atoms with Crippen LogP contribution in [0.4, 0.5) is 5.69 Å². The molecule has 2 atom stereocenters. The van der Waals surface area contributed by atoms with Crippen molar-refractivity contribution < 1.29 is 4.74 Å². The van der Waals surface area contributed by atoms with E-state index in [2.05, 4.69) is 54.2 Å². The Morgan fingerprint density at radius 2 is 2.00 bits per heavy atom. The molecule has 0 heterocycles. The maximum absolute atomic E-state index is 6.01. The first-order valence-corrected chi connectivity index (χ1v) is 9.01. The molecule has 2 nitrogen and oxygen atoms in total. The summed E-state index contributed by atoms with van der Waals surface area (Å²) in [5.74, 6) is 0. The molecule has 116 valence electrons. The van der Waals surface area contributed by atoms with Gasteiger partial charge in [0.25, 0.3) is 0 Å². The van der Waals surface area contributed by atoms with E-state index in [0.29, 0.717) is 17.6 Å². The highest BCUT2D eigenvalue weighted by atomic mass is 79.9. The van der Waals surface area contributed by atoms with Crippen LogP contribution in [-0.2, 0) is 4.74 Å². The molecular weight excluding hydrogens is 326 g/mol. The van der Waals surface area contributed by atoms with Crippen LogP contribution < -0.4 is 5.32 Å². The van der Waals surface area contributed by atoms with Crippen LogP contribution in [0.2, 0.25) is 0 Å². The number of halogens is 1. The lowest BCUT2D eigenvalue weighted by atomic mass is 9.60. The zero-order valence-corrected chi connectivity index (χ0v) is 14.9. The fraction of sp³-hybridized carbons (Fsp3) is 0.667. The number of nitrogens with one attached hydrogen (secondary N) is 1. The van der Waals surface area contributed by atoms with Gasteiger partial charge in [0, 0.05) is 22.5 Å². The molecule has 0 amide bonds. The third-order valence-electron chi connectivity index (χ3n) is 5.44. The Morgan fingerprint density at radius 1 is 1.29 bits per heavy atom. The van der Waals surface area contributed by atoms with Crippen LogP contribution in [0.25, 0.3) is 0 Å². The summed E-state index contributed by atoms with van der Waals surface area (Å²) in [6.07, 6.45) is 6.96. The Bertz CT molecular complexity index is 499. The van der Waals surface area contributed by atoms with E-state index in [1.807, 2.05) is 0 Å². The average Bonchev–Trinajstić information content (AvgIpc) is 2.92. The quantitative estimate of drug-likeness (QED) is 0.803. The Balaban J connectivity index is 1.80. The smallest absolute Gasteiger partial charge is 0.0670 e. The maximum atomic E-state index is 6.01. The molecule has 1 spiro atoms. The molecule has 0 aromatic heterocycles. The minimum Gasteiger partial charge on any atom is -0.380 e. The fourth-order valence-corrected chi connectivity index (χ4v) is 5.15. The molecule has 0 radical (unpaired) electrons.